The SMILES string of the molecule is O=[N+]([O-])/C(=N\Nc1ccc(F)cc1)C1=NCCS1. The third-order valence-corrected chi connectivity index (χ3v) is 3.06. The highest BCUT2D eigenvalue weighted by atomic mass is 32.2. The summed E-state index contributed by atoms with van der Waals surface area (Å²) in [6.07, 6.45) is 0. The van der Waals surface area contributed by atoms with Crippen LogP contribution in [0.25, 0.3) is 0 Å². The molecule has 6 nitrogen and oxygen atoms in total. The summed E-state index contributed by atoms with van der Waals surface area (Å²) in [5.74, 6) is 0.0234. The van der Waals surface area contributed by atoms with E-state index in [0.717, 1.165) is 5.75 Å². The monoisotopic (exact) mass is 268 g/mol. The van der Waals surface area contributed by atoms with Crippen LogP contribution in [0.3, 0.4) is 0 Å². The molecule has 2 rings (SSSR count). The summed E-state index contributed by atoms with van der Waals surface area (Å²) < 4.78 is 12.7. The van der Waals surface area contributed by atoms with Crippen molar-refractivity contribution >= 4 is 28.3 Å². The third kappa shape index (κ3) is 3.04. The molecule has 0 bridgehead atoms. The van der Waals surface area contributed by atoms with Gasteiger partial charge in [0.2, 0.25) is 0 Å². The third-order valence-electron chi connectivity index (χ3n) is 2.08. The predicted molar refractivity (Wildman–Crippen MR) is 69.2 cm³/mol. The average Bonchev–Trinajstić information content (AvgIpc) is 2.85. The summed E-state index contributed by atoms with van der Waals surface area (Å²) >= 11 is 1.29. The van der Waals surface area contributed by atoms with Gasteiger partial charge in [0.25, 0.3) is 0 Å². The first-order valence-electron chi connectivity index (χ1n) is 5.08. The van der Waals surface area contributed by atoms with Crippen molar-refractivity contribution in [2.45, 2.75) is 0 Å². The maximum atomic E-state index is 12.7. The minimum Gasteiger partial charge on any atom is -0.358 e. The van der Waals surface area contributed by atoms with Crippen molar-refractivity contribution in [2.24, 2.45) is 10.1 Å². The lowest BCUT2D eigenvalue weighted by molar-refractivity contribution is -0.345. The summed E-state index contributed by atoms with van der Waals surface area (Å²) in [4.78, 5) is 14.2. The van der Waals surface area contributed by atoms with Crippen LogP contribution in [0.4, 0.5) is 10.1 Å². The van der Waals surface area contributed by atoms with Crippen molar-refractivity contribution in [3.05, 3.63) is 40.2 Å². The number of halogens is 1. The number of nitrogens with one attached hydrogen (secondary N) is 1. The van der Waals surface area contributed by atoms with E-state index in [-0.39, 0.29) is 11.7 Å². The molecule has 0 atom stereocenters. The van der Waals surface area contributed by atoms with Crippen LogP contribution in [0.1, 0.15) is 0 Å². The highest BCUT2D eigenvalue weighted by molar-refractivity contribution is 8.16. The second-order valence-corrected chi connectivity index (χ2v) is 4.43. The molecule has 18 heavy (non-hydrogen) atoms. The molecule has 94 valence electrons. The van der Waals surface area contributed by atoms with Crippen molar-refractivity contribution in [2.75, 3.05) is 17.7 Å². The minimum absolute atomic E-state index is 0.314. The van der Waals surface area contributed by atoms with Crippen molar-refractivity contribution in [3.63, 3.8) is 0 Å². The zero-order chi connectivity index (χ0) is 13.0. The van der Waals surface area contributed by atoms with Crippen LogP contribution in [0.5, 0.6) is 0 Å². The molecular formula is C10H9FN4O2S. The van der Waals surface area contributed by atoms with Crippen molar-refractivity contribution in [1.82, 2.24) is 0 Å². The van der Waals surface area contributed by atoms with E-state index in [1.165, 1.54) is 36.0 Å². The number of amidine groups is 1. The van der Waals surface area contributed by atoms with E-state index >= 15 is 0 Å². The molecule has 1 aromatic carbocycles. The van der Waals surface area contributed by atoms with Gasteiger partial charge in [0.05, 0.1) is 17.3 Å². The Hall–Kier alpha value is -1.96. The van der Waals surface area contributed by atoms with Gasteiger partial charge in [0.1, 0.15) is 5.82 Å². The van der Waals surface area contributed by atoms with Gasteiger partial charge in [-0.25, -0.2) is 4.39 Å². The van der Waals surface area contributed by atoms with Gasteiger partial charge in [-0.3, -0.25) is 4.99 Å². The number of hydrogen-bond donors (Lipinski definition) is 1. The predicted octanol–water partition coefficient (Wildman–Crippen LogP) is 1.97. The lowest BCUT2D eigenvalue weighted by atomic mass is 10.3. The lowest BCUT2D eigenvalue weighted by Crippen LogP contribution is -2.21. The smallest absolute Gasteiger partial charge is 0.358 e. The molecule has 0 fully saturated rings. The number of nitrogens with zero attached hydrogens (tertiary/aromatic N) is 3. The first-order valence-corrected chi connectivity index (χ1v) is 6.06. The molecule has 0 saturated heterocycles. The largest absolute Gasteiger partial charge is 0.419 e. The summed E-state index contributed by atoms with van der Waals surface area (Å²) in [6, 6.07) is 5.37. The number of hydrogen-bond acceptors (Lipinski definition) is 6. The summed E-state index contributed by atoms with van der Waals surface area (Å²) in [6.45, 7) is 0.559. The zero-order valence-electron chi connectivity index (χ0n) is 9.17. The quantitative estimate of drug-likeness (QED) is 0.393. The number of thioether (sulfide) groups is 1. The summed E-state index contributed by atoms with van der Waals surface area (Å²) in [5, 5.41) is 14.9. The van der Waals surface area contributed by atoms with E-state index in [1.54, 1.807) is 0 Å². The normalized spacial score (nSPS) is 15.4. The second kappa shape index (κ2) is 5.58. The second-order valence-electron chi connectivity index (χ2n) is 3.35. The van der Waals surface area contributed by atoms with Crippen molar-refractivity contribution in [3.8, 4) is 0 Å². The zero-order valence-corrected chi connectivity index (χ0v) is 9.98. The highest BCUT2D eigenvalue weighted by Crippen LogP contribution is 2.14. The van der Waals surface area contributed by atoms with Gasteiger partial charge >= 0.3 is 5.84 Å². The highest BCUT2D eigenvalue weighted by Gasteiger charge is 2.25. The van der Waals surface area contributed by atoms with E-state index in [1.807, 2.05) is 0 Å². The molecule has 8 heteroatoms. The van der Waals surface area contributed by atoms with Crippen LogP contribution in [-0.4, -0.2) is 28.1 Å². The van der Waals surface area contributed by atoms with Crippen LogP contribution in [0.15, 0.2) is 34.4 Å². The molecule has 1 aromatic rings. The molecule has 1 aliphatic heterocycles. The van der Waals surface area contributed by atoms with Gasteiger partial charge in [0.15, 0.2) is 5.04 Å². The molecule has 1 heterocycles. The summed E-state index contributed by atoms with van der Waals surface area (Å²) in [7, 11) is 0. The number of nitro groups is 1. The molecule has 0 aromatic heterocycles. The minimum atomic E-state index is -0.590. The van der Waals surface area contributed by atoms with Gasteiger partial charge in [-0.1, -0.05) is 11.8 Å². The molecule has 0 unspecified atom stereocenters. The maximum Gasteiger partial charge on any atom is 0.419 e. The van der Waals surface area contributed by atoms with E-state index in [2.05, 4.69) is 15.5 Å². The van der Waals surface area contributed by atoms with Gasteiger partial charge < -0.3 is 10.1 Å². The van der Waals surface area contributed by atoms with E-state index in [9.17, 15) is 14.5 Å². The maximum absolute atomic E-state index is 12.7. The average molecular weight is 268 g/mol. The number of anilines is 1. The standard InChI is InChI=1S/C10H9FN4O2S/c11-7-1-3-8(4-2-7)13-14-9(15(16)17)10-12-5-6-18-10/h1-4,13H,5-6H2/b14-9-. The Bertz CT molecular complexity index is 515. The first kappa shape index (κ1) is 12.5. The number of hydrazone groups is 1. The molecule has 0 radical (unpaired) electrons. The molecule has 1 aliphatic rings. The molecule has 1 N–H and O–H groups in total. The van der Waals surface area contributed by atoms with Crippen LogP contribution in [0, 0.1) is 15.9 Å². The molecule has 0 saturated carbocycles. The first-order chi connectivity index (χ1) is 8.66. The molecule has 0 spiro atoms. The number of rotatable bonds is 3. The van der Waals surface area contributed by atoms with Crippen LogP contribution >= 0.6 is 11.8 Å². The lowest BCUT2D eigenvalue weighted by Gasteiger charge is -1.98. The van der Waals surface area contributed by atoms with Crippen molar-refractivity contribution < 1.29 is 9.31 Å². The Labute approximate surface area is 106 Å². The van der Waals surface area contributed by atoms with Crippen LogP contribution < -0.4 is 5.43 Å². The van der Waals surface area contributed by atoms with E-state index < -0.39 is 4.92 Å². The Morgan fingerprint density at radius 1 is 1.50 bits per heavy atom. The fourth-order valence-electron chi connectivity index (χ4n) is 1.28. The fourth-order valence-corrected chi connectivity index (χ4v) is 2.09. The van der Waals surface area contributed by atoms with E-state index in [0.29, 0.717) is 17.3 Å². The Kier molecular flexibility index (Phi) is 3.88. The molecule has 0 amide bonds. The van der Waals surface area contributed by atoms with Crippen molar-refractivity contribution in [1.29, 1.82) is 0 Å². The van der Waals surface area contributed by atoms with Crippen LogP contribution in [-0.2, 0) is 0 Å². The number of benzene rings is 1. The Morgan fingerprint density at radius 3 is 2.78 bits per heavy atom. The van der Waals surface area contributed by atoms with Gasteiger partial charge in [-0.2, -0.15) is 5.43 Å². The topological polar surface area (TPSA) is 79.9 Å². The van der Waals surface area contributed by atoms with E-state index in [4.69, 9.17) is 0 Å². The Morgan fingerprint density at radius 2 is 2.22 bits per heavy atom. The number of aliphatic imine (C=N–C) groups is 1. The van der Waals surface area contributed by atoms with Gasteiger partial charge in [-0.15, -0.1) is 0 Å². The van der Waals surface area contributed by atoms with Crippen LogP contribution in [0.2, 0.25) is 0 Å². The van der Waals surface area contributed by atoms with Gasteiger partial charge in [0, 0.05) is 5.75 Å². The molecular weight excluding hydrogens is 259 g/mol. The van der Waals surface area contributed by atoms with Gasteiger partial charge in [-0.05, 0) is 29.2 Å². The summed E-state index contributed by atoms with van der Waals surface area (Å²) in [5.41, 5.74) is 2.99. The fraction of sp³-hybridized carbons (Fsp3) is 0.200. The Balaban J connectivity index is 2.13. The molecule has 0 aliphatic carbocycles.